The number of methoxy groups -OCH3 is 1. The number of pyridine rings is 2. The van der Waals surface area contributed by atoms with Gasteiger partial charge in [-0.2, -0.15) is 5.10 Å². The SMILES string of the molecule is COc1cc(F)cc(-c2nccc3[nH]c(-c4n[nH]c5ccc(-c6ccccn6)cc45)cc23)c1. The smallest absolute Gasteiger partial charge is 0.127 e. The Morgan fingerprint density at radius 2 is 1.70 bits per heavy atom. The molecule has 0 atom stereocenters. The summed E-state index contributed by atoms with van der Waals surface area (Å²) >= 11 is 0. The third-order valence-corrected chi connectivity index (χ3v) is 5.71. The van der Waals surface area contributed by atoms with Crippen molar-refractivity contribution in [2.75, 3.05) is 7.11 Å². The number of hydrogen-bond donors (Lipinski definition) is 2. The van der Waals surface area contributed by atoms with Gasteiger partial charge in [-0.05, 0) is 48.5 Å². The number of fused-ring (bicyclic) bond motifs is 2. The summed E-state index contributed by atoms with van der Waals surface area (Å²) < 4.78 is 19.4. The maximum atomic E-state index is 14.1. The molecule has 6 nitrogen and oxygen atoms in total. The lowest BCUT2D eigenvalue weighted by Gasteiger charge is -2.06. The minimum absolute atomic E-state index is 0.376. The van der Waals surface area contributed by atoms with E-state index < -0.39 is 0 Å². The Hall–Kier alpha value is -4.52. The van der Waals surface area contributed by atoms with Crippen molar-refractivity contribution >= 4 is 21.8 Å². The third kappa shape index (κ3) is 3.30. The van der Waals surface area contributed by atoms with Crippen LogP contribution in [0.25, 0.3) is 55.7 Å². The Morgan fingerprint density at radius 3 is 2.55 bits per heavy atom. The number of aromatic amines is 2. The Bertz CT molecular complexity index is 1620. The fourth-order valence-electron chi connectivity index (χ4n) is 4.14. The maximum absolute atomic E-state index is 14.1. The van der Waals surface area contributed by atoms with Crippen LogP contribution < -0.4 is 4.74 Å². The summed E-state index contributed by atoms with van der Waals surface area (Å²) in [6.07, 6.45) is 3.49. The van der Waals surface area contributed by atoms with E-state index in [-0.39, 0.29) is 5.82 Å². The average molecular weight is 435 g/mol. The topological polar surface area (TPSA) is 79.5 Å². The second-order valence-electron chi connectivity index (χ2n) is 7.73. The van der Waals surface area contributed by atoms with E-state index >= 15 is 0 Å². The first-order valence-corrected chi connectivity index (χ1v) is 10.4. The molecule has 0 radical (unpaired) electrons. The third-order valence-electron chi connectivity index (χ3n) is 5.71. The number of halogens is 1. The molecule has 0 aliphatic heterocycles. The molecule has 4 heterocycles. The summed E-state index contributed by atoms with van der Waals surface area (Å²) in [7, 11) is 1.52. The van der Waals surface area contributed by atoms with Gasteiger partial charge in [-0.15, -0.1) is 0 Å². The minimum Gasteiger partial charge on any atom is -0.497 e. The van der Waals surface area contributed by atoms with E-state index in [0.717, 1.165) is 44.5 Å². The van der Waals surface area contributed by atoms with Crippen LogP contribution >= 0.6 is 0 Å². The molecule has 7 heteroatoms. The molecule has 2 N–H and O–H groups in total. The number of rotatable bonds is 4. The molecule has 0 aliphatic rings. The molecule has 6 aromatic rings. The predicted octanol–water partition coefficient (Wildman–Crippen LogP) is 5.98. The number of benzene rings is 2. The van der Waals surface area contributed by atoms with Crippen LogP contribution in [0.5, 0.6) is 5.75 Å². The highest BCUT2D eigenvalue weighted by atomic mass is 19.1. The summed E-state index contributed by atoms with van der Waals surface area (Å²) in [5.74, 6) is 0.0687. The quantitative estimate of drug-likeness (QED) is 0.357. The maximum Gasteiger partial charge on any atom is 0.127 e. The van der Waals surface area contributed by atoms with Crippen LogP contribution in [0, 0.1) is 5.82 Å². The zero-order valence-electron chi connectivity index (χ0n) is 17.6. The highest BCUT2D eigenvalue weighted by molar-refractivity contribution is 6.00. The molecular weight excluding hydrogens is 417 g/mol. The van der Waals surface area contributed by atoms with Gasteiger partial charge in [0.15, 0.2) is 0 Å². The van der Waals surface area contributed by atoms with Gasteiger partial charge in [-0.1, -0.05) is 12.1 Å². The largest absolute Gasteiger partial charge is 0.497 e. The van der Waals surface area contributed by atoms with Gasteiger partial charge in [-0.25, -0.2) is 4.39 Å². The van der Waals surface area contributed by atoms with Crippen LogP contribution in [0.15, 0.2) is 79.1 Å². The first kappa shape index (κ1) is 19.2. The molecule has 0 saturated carbocycles. The van der Waals surface area contributed by atoms with Gasteiger partial charge in [0.2, 0.25) is 0 Å². The van der Waals surface area contributed by atoms with Gasteiger partial charge in [0.25, 0.3) is 0 Å². The van der Waals surface area contributed by atoms with Gasteiger partial charge >= 0.3 is 0 Å². The lowest BCUT2D eigenvalue weighted by atomic mass is 10.1. The average Bonchev–Trinajstić information content (AvgIpc) is 3.47. The monoisotopic (exact) mass is 435 g/mol. The number of ether oxygens (including phenoxy) is 1. The molecule has 0 bridgehead atoms. The first-order chi connectivity index (χ1) is 16.2. The van der Waals surface area contributed by atoms with Crippen molar-refractivity contribution in [3.63, 3.8) is 0 Å². The van der Waals surface area contributed by atoms with Crippen molar-refractivity contribution in [1.82, 2.24) is 25.1 Å². The van der Waals surface area contributed by atoms with Gasteiger partial charge in [0.05, 0.1) is 29.7 Å². The number of nitrogens with zero attached hydrogens (tertiary/aromatic N) is 3. The van der Waals surface area contributed by atoms with Crippen LogP contribution in [0.4, 0.5) is 4.39 Å². The second-order valence-corrected chi connectivity index (χ2v) is 7.73. The number of hydrogen-bond acceptors (Lipinski definition) is 4. The molecule has 0 saturated heterocycles. The zero-order chi connectivity index (χ0) is 22.4. The van der Waals surface area contributed by atoms with Gasteiger partial charge < -0.3 is 9.72 Å². The fourth-order valence-corrected chi connectivity index (χ4v) is 4.14. The number of nitrogens with one attached hydrogen (secondary N) is 2. The van der Waals surface area contributed by atoms with Crippen molar-refractivity contribution in [1.29, 1.82) is 0 Å². The second kappa shape index (κ2) is 7.56. The van der Waals surface area contributed by atoms with Crippen LogP contribution in [-0.2, 0) is 0 Å². The van der Waals surface area contributed by atoms with Gasteiger partial charge in [0.1, 0.15) is 17.3 Å². The Balaban J connectivity index is 1.50. The summed E-state index contributed by atoms with van der Waals surface area (Å²) in [6.45, 7) is 0. The molecule has 6 rings (SSSR count). The summed E-state index contributed by atoms with van der Waals surface area (Å²) in [5, 5.41) is 9.52. The lowest BCUT2D eigenvalue weighted by molar-refractivity contribution is 0.411. The predicted molar refractivity (Wildman–Crippen MR) is 126 cm³/mol. The molecule has 0 amide bonds. The lowest BCUT2D eigenvalue weighted by Crippen LogP contribution is -1.89. The van der Waals surface area contributed by atoms with Crippen molar-refractivity contribution in [2.45, 2.75) is 0 Å². The Morgan fingerprint density at radius 1 is 0.788 bits per heavy atom. The molecule has 160 valence electrons. The van der Waals surface area contributed by atoms with Crippen molar-refractivity contribution in [3.05, 3.63) is 84.9 Å². The molecule has 0 aliphatic carbocycles. The summed E-state index contributed by atoms with van der Waals surface area (Å²) in [5.41, 5.74) is 6.67. The van der Waals surface area contributed by atoms with Crippen molar-refractivity contribution < 1.29 is 9.13 Å². The molecule has 4 aromatic heterocycles. The zero-order valence-corrected chi connectivity index (χ0v) is 17.6. The van der Waals surface area contributed by atoms with E-state index in [1.807, 2.05) is 42.5 Å². The van der Waals surface area contributed by atoms with Crippen molar-refractivity contribution in [3.8, 4) is 39.7 Å². The number of H-pyrrole nitrogens is 2. The minimum atomic E-state index is -0.376. The summed E-state index contributed by atoms with van der Waals surface area (Å²) in [4.78, 5) is 12.4. The van der Waals surface area contributed by atoms with Crippen LogP contribution in [-0.4, -0.2) is 32.3 Å². The molecular formula is C26H18FN5O. The van der Waals surface area contributed by atoms with Crippen LogP contribution in [0.1, 0.15) is 0 Å². The van der Waals surface area contributed by atoms with E-state index in [4.69, 9.17) is 4.74 Å². The molecule has 33 heavy (non-hydrogen) atoms. The molecule has 0 unspecified atom stereocenters. The standard InChI is InChI=1S/C26H18FN5O/c1-33-18-11-16(10-17(27)13-18)25-20-14-24(30-22(20)7-9-29-25)26-19-12-15(5-6-23(19)31-32-26)21-4-2-3-8-28-21/h2-14,30H,1H3,(H,31,32). The Labute approximate surface area is 188 Å². The van der Waals surface area contributed by atoms with E-state index in [1.54, 1.807) is 18.5 Å². The highest BCUT2D eigenvalue weighted by Crippen LogP contribution is 2.35. The number of aromatic nitrogens is 5. The Kier molecular flexibility index (Phi) is 4.40. The van der Waals surface area contributed by atoms with E-state index in [1.165, 1.54) is 19.2 Å². The van der Waals surface area contributed by atoms with Crippen molar-refractivity contribution in [2.24, 2.45) is 0 Å². The van der Waals surface area contributed by atoms with E-state index in [9.17, 15) is 4.39 Å². The molecule has 0 spiro atoms. The molecule has 2 aromatic carbocycles. The van der Waals surface area contributed by atoms with Crippen LogP contribution in [0.3, 0.4) is 0 Å². The molecule has 0 fully saturated rings. The highest BCUT2D eigenvalue weighted by Gasteiger charge is 2.16. The van der Waals surface area contributed by atoms with Crippen LogP contribution in [0.2, 0.25) is 0 Å². The fraction of sp³-hybridized carbons (Fsp3) is 0.0385. The first-order valence-electron chi connectivity index (χ1n) is 10.4. The normalized spacial score (nSPS) is 11.3. The van der Waals surface area contributed by atoms with Gasteiger partial charge in [-0.3, -0.25) is 15.1 Å². The van der Waals surface area contributed by atoms with E-state index in [2.05, 4.69) is 31.2 Å². The summed E-state index contributed by atoms with van der Waals surface area (Å²) in [6, 6.07) is 20.4. The van der Waals surface area contributed by atoms with E-state index in [0.29, 0.717) is 17.0 Å². The van der Waals surface area contributed by atoms with Gasteiger partial charge in [0, 0.05) is 45.9 Å².